The molecule has 6 heteroatoms. The zero-order valence-corrected chi connectivity index (χ0v) is 16.3. The van der Waals surface area contributed by atoms with Gasteiger partial charge in [0.25, 0.3) is 11.8 Å². The summed E-state index contributed by atoms with van der Waals surface area (Å²) >= 11 is 6.10. The van der Waals surface area contributed by atoms with Crippen molar-refractivity contribution < 1.29 is 14.3 Å². The molecule has 0 spiro atoms. The van der Waals surface area contributed by atoms with Crippen molar-refractivity contribution >= 4 is 29.1 Å². The zero-order chi connectivity index (χ0) is 19.4. The third kappa shape index (κ3) is 4.61. The summed E-state index contributed by atoms with van der Waals surface area (Å²) < 4.78 is 5.11. The molecule has 3 rings (SSSR count). The largest absolute Gasteiger partial charge is 0.495 e. The molecule has 1 aliphatic rings. The van der Waals surface area contributed by atoms with Crippen molar-refractivity contribution in [2.75, 3.05) is 25.5 Å². The molecule has 0 aliphatic carbocycles. The molecule has 0 bridgehead atoms. The molecule has 1 saturated heterocycles. The summed E-state index contributed by atoms with van der Waals surface area (Å²) in [6.45, 7) is 3.69. The maximum atomic E-state index is 12.8. The summed E-state index contributed by atoms with van der Waals surface area (Å²) in [5, 5.41) is 3.21. The Morgan fingerprint density at radius 3 is 2.67 bits per heavy atom. The highest BCUT2D eigenvalue weighted by Crippen LogP contribution is 2.27. The number of nitrogens with one attached hydrogen (secondary N) is 1. The molecule has 1 heterocycles. The molecule has 1 fully saturated rings. The van der Waals surface area contributed by atoms with Gasteiger partial charge >= 0.3 is 0 Å². The quantitative estimate of drug-likeness (QED) is 0.843. The number of anilines is 1. The van der Waals surface area contributed by atoms with Crippen molar-refractivity contribution in [3.63, 3.8) is 0 Å². The van der Waals surface area contributed by atoms with Gasteiger partial charge in [-0.25, -0.2) is 0 Å². The number of benzene rings is 2. The van der Waals surface area contributed by atoms with E-state index in [0.717, 1.165) is 25.9 Å². The minimum absolute atomic E-state index is 0.0244. The standard InChI is InChI=1S/C21H23ClN2O3/c1-14-5-4-10-24(13-14)21(26)16-7-3-6-15(11-16)20(25)23-17-8-9-19(27-2)18(22)12-17/h3,6-9,11-12,14H,4-5,10,13H2,1-2H3,(H,23,25). The lowest BCUT2D eigenvalue weighted by Crippen LogP contribution is -2.39. The van der Waals surface area contributed by atoms with E-state index < -0.39 is 0 Å². The Hall–Kier alpha value is -2.53. The lowest BCUT2D eigenvalue weighted by Gasteiger charge is -2.31. The molecular formula is C21H23ClN2O3. The fourth-order valence-corrected chi connectivity index (χ4v) is 3.55. The van der Waals surface area contributed by atoms with E-state index in [2.05, 4.69) is 12.2 Å². The average Bonchev–Trinajstić information content (AvgIpc) is 2.67. The van der Waals surface area contributed by atoms with Crippen molar-refractivity contribution in [3.05, 3.63) is 58.6 Å². The van der Waals surface area contributed by atoms with Crippen molar-refractivity contribution in [1.29, 1.82) is 0 Å². The Labute approximate surface area is 164 Å². The molecule has 5 nitrogen and oxygen atoms in total. The van der Waals surface area contributed by atoms with E-state index in [4.69, 9.17) is 16.3 Å². The van der Waals surface area contributed by atoms with Crippen LogP contribution in [-0.2, 0) is 0 Å². The van der Waals surface area contributed by atoms with Crippen LogP contribution < -0.4 is 10.1 Å². The van der Waals surface area contributed by atoms with Gasteiger partial charge in [0.1, 0.15) is 5.75 Å². The third-order valence-electron chi connectivity index (χ3n) is 4.73. The Kier molecular flexibility index (Phi) is 6.01. The fourth-order valence-electron chi connectivity index (χ4n) is 3.30. The number of rotatable bonds is 4. The van der Waals surface area contributed by atoms with Crippen LogP contribution in [0.2, 0.25) is 5.02 Å². The minimum atomic E-state index is -0.294. The maximum absolute atomic E-state index is 12.8. The lowest BCUT2D eigenvalue weighted by molar-refractivity contribution is 0.0683. The van der Waals surface area contributed by atoms with Gasteiger partial charge in [0.05, 0.1) is 12.1 Å². The Balaban J connectivity index is 1.73. The first-order valence-electron chi connectivity index (χ1n) is 9.02. The Bertz CT molecular complexity index is 853. The Morgan fingerprint density at radius 1 is 1.19 bits per heavy atom. The second-order valence-electron chi connectivity index (χ2n) is 6.88. The molecule has 0 saturated carbocycles. The number of amides is 2. The zero-order valence-electron chi connectivity index (χ0n) is 15.5. The molecule has 2 aromatic rings. The normalized spacial score (nSPS) is 16.7. The van der Waals surface area contributed by atoms with E-state index >= 15 is 0 Å². The van der Waals surface area contributed by atoms with Gasteiger partial charge < -0.3 is 15.0 Å². The summed E-state index contributed by atoms with van der Waals surface area (Å²) in [4.78, 5) is 27.2. The fraction of sp³-hybridized carbons (Fsp3) is 0.333. The van der Waals surface area contributed by atoms with Gasteiger partial charge in [0, 0.05) is 29.9 Å². The predicted molar refractivity (Wildman–Crippen MR) is 107 cm³/mol. The molecule has 27 heavy (non-hydrogen) atoms. The number of carbonyl (C=O) groups is 2. The highest BCUT2D eigenvalue weighted by molar-refractivity contribution is 6.32. The molecule has 142 valence electrons. The van der Waals surface area contributed by atoms with E-state index in [1.165, 1.54) is 7.11 Å². The number of hydrogen-bond acceptors (Lipinski definition) is 3. The van der Waals surface area contributed by atoms with E-state index in [-0.39, 0.29) is 11.8 Å². The maximum Gasteiger partial charge on any atom is 0.255 e. The number of carbonyl (C=O) groups excluding carboxylic acids is 2. The van der Waals surface area contributed by atoms with Gasteiger partial charge in [-0.1, -0.05) is 24.6 Å². The van der Waals surface area contributed by atoms with E-state index in [9.17, 15) is 9.59 Å². The van der Waals surface area contributed by atoms with Crippen molar-refractivity contribution in [2.45, 2.75) is 19.8 Å². The average molecular weight is 387 g/mol. The highest BCUT2D eigenvalue weighted by Gasteiger charge is 2.22. The van der Waals surface area contributed by atoms with Crippen LogP contribution in [0.1, 0.15) is 40.5 Å². The van der Waals surface area contributed by atoms with Gasteiger partial charge in [-0.15, -0.1) is 0 Å². The molecule has 2 amide bonds. The summed E-state index contributed by atoms with van der Waals surface area (Å²) in [5.74, 6) is 0.730. The monoisotopic (exact) mass is 386 g/mol. The number of piperidine rings is 1. The predicted octanol–water partition coefficient (Wildman–Crippen LogP) is 4.47. The van der Waals surface area contributed by atoms with E-state index in [1.807, 2.05) is 4.90 Å². The Morgan fingerprint density at radius 2 is 1.96 bits per heavy atom. The van der Waals surface area contributed by atoms with Crippen LogP contribution in [0.25, 0.3) is 0 Å². The van der Waals surface area contributed by atoms with Gasteiger partial charge in [0.15, 0.2) is 0 Å². The van der Waals surface area contributed by atoms with Crippen LogP contribution in [0.3, 0.4) is 0 Å². The first-order chi connectivity index (χ1) is 13.0. The number of methoxy groups -OCH3 is 1. The highest BCUT2D eigenvalue weighted by atomic mass is 35.5. The molecule has 1 atom stereocenters. The van der Waals surface area contributed by atoms with Crippen LogP contribution in [0, 0.1) is 5.92 Å². The summed E-state index contributed by atoms with van der Waals surface area (Å²) in [7, 11) is 1.53. The summed E-state index contributed by atoms with van der Waals surface area (Å²) in [6.07, 6.45) is 2.17. The third-order valence-corrected chi connectivity index (χ3v) is 5.02. The topological polar surface area (TPSA) is 58.6 Å². The number of nitrogens with zero attached hydrogens (tertiary/aromatic N) is 1. The van der Waals surface area contributed by atoms with Crippen LogP contribution in [0.15, 0.2) is 42.5 Å². The van der Waals surface area contributed by atoms with Crippen LogP contribution in [-0.4, -0.2) is 36.9 Å². The molecule has 1 unspecified atom stereocenters. The summed E-state index contributed by atoms with van der Waals surface area (Å²) in [5.41, 5.74) is 1.52. The minimum Gasteiger partial charge on any atom is -0.495 e. The lowest BCUT2D eigenvalue weighted by atomic mass is 9.99. The number of likely N-dealkylation sites (tertiary alicyclic amines) is 1. The number of hydrogen-bond donors (Lipinski definition) is 1. The smallest absolute Gasteiger partial charge is 0.255 e. The van der Waals surface area contributed by atoms with Gasteiger partial charge in [-0.05, 0) is 55.2 Å². The second-order valence-corrected chi connectivity index (χ2v) is 7.29. The van der Waals surface area contributed by atoms with Crippen molar-refractivity contribution in [3.8, 4) is 5.75 Å². The molecular weight excluding hydrogens is 364 g/mol. The van der Waals surface area contributed by atoms with Gasteiger partial charge in [-0.3, -0.25) is 9.59 Å². The molecule has 2 aromatic carbocycles. The van der Waals surface area contributed by atoms with Crippen molar-refractivity contribution in [2.24, 2.45) is 5.92 Å². The summed E-state index contributed by atoms with van der Waals surface area (Å²) in [6, 6.07) is 11.8. The van der Waals surface area contributed by atoms with Crippen molar-refractivity contribution in [1.82, 2.24) is 4.90 Å². The first kappa shape index (κ1) is 19.2. The number of ether oxygens (including phenoxy) is 1. The van der Waals surface area contributed by atoms with Gasteiger partial charge in [-0.2, -0.15) is 0 Å². The second kappa shape index (κ2) is 8.44. The van der Waals surface area contributed by atoms with Gasteiger partial charge in [0.2, 0.25) is 0 Å². The molecule has 1 N–H and O–H groups in total. The molecule has 0 radical (unpaired) electrons. The van der Waals surface area contributed by atoms with E-state index in [0.29, 0.717) is 33.5 Å². The SMILES string of the molecule is COc1ccc(NC(=O)c2cccc(C(=O)N3CCCC(C)C3)c2)cc1Cl. The number of halogens is 1. The first-order valence-corrected chi connectivity index (χ1v) is 9.40. The molecule has 1 aliphatic heterocycles. The van der Waals surface area contributed by atoms with Crippen LogP contribution in [0.5, 0.6) is 5.75 Å². The molecule has 0 aromatic heterocycles. The van der Waals surface area contributed by atoms with E-state index in [1.54, 1.807) is 42.5 Å². The van der Waals surface area contributed by atoms with Crippen LogP contribution in [0.4, 0.5) is 5.69 Å². The van der Waals surface area contributed by atoms with Crippen LogP contribution >= 0.6 is 11.6 Å².